The van der Waals surface area contributed by atoms with Crippen molar-refractivity contribution in [1.29, 1.82) is 10.5 Å². The van der Waals surface area contributed by atoms with Gasteiger partial charge in [-0.3, -0.25) is 4.79 Å². The van der Waals surface area contributed by atoms with Crippen LogP contribution in [-0.4, -0.2) is 19.0 Å². The van der Waals surface area contributed by atoms with Gasteiger partial charge in [0, 0.05) is 35.6 Å². The Kier molecular flexibility index (Phi) is 8.09. The SMILES string of the molecule is Cc1cc(N(CCC#N)CCC#N)ccc1/C=C/C(=O)Nc1cccc(Cl)c1. The van der Waals surface area contributed by atoms with E-state index in [1.54, 1.807) is 30.3 Å². The van der Waals surface area contributed by atoms with Crippen molar-refractivity contribution in [2.24, 2.45) is 0 Å². The summed E-state index contributed by atoms with van der Waals surface area (Å²) < 4.78 is 0. The first-order valence-corrected chi connectivity index (χ1v) is 9.25. The molecule has 142 valence electrons. The van der Waals surface area contributed by atoms with Gasteiger partial charge in [-0.15, -0.1) is 0 Å². The second kappa shape index (κ2) is 10.8. The number of hydrogen-bond acceptors (Lipinski definition) is 4. The third-order valence-corrected chi connectivity index (χ3v) is 4.35. The number of carbonyl (C=O) groups excluding carboxylic acids is 1. The molecule has 1 amide bonds. The van der Waals surface area contributed by atoms with E-state index < -0.39 is 0 Å². The Morgan fingerprint density at radius 1 is 1.14 bits per heavy atom. The molecule has 0 bridgehead atoms. The van der Waals surface area contributed by atoms with Crippen LogP contribution in [0.3, 0.4) is 0 Å². The number of nitrogens with one attached hydrogen (secondary N) is 1. The molecule has 0 spiro atoms. The molecule has 5 nitrogen and oxygen atoms in total. The molecular weight excluding hydrogens is 372 g/mol. The van der Waals surface area contributed by atoms with Crippen molar-refractivity contribution in [3.05, 3.63) is 64.7 Å². The second-order valence-corrected chi connectivity index (χ2v) is 6.61. The van der Waals surface area contributed by atoms with Crippen molar-refractivity contribution in [3.63, 3.8) is 0 Å². The normalized spacial score (nSPS) is 10.3. The lowest BCUT2D eigenvalue weighted by molar-refractivity contribution is -0.111. The van der Waals surface area contributed by atoms with E-state index in [9.17, 15) is 4.79 Å². The lowest BCUT2D eigenvalue weighted by atomic mass is 10.1. The highest BCUT2D eigenvalue weighted by molar-refractivity contribution is 6.30. The van der Waals surface area contributed by atoms with Crippen LogP contribution < -0.4 is 10.2 Å². The number of hydrogen-bond donors (Lipinski definition) is 1. The standard InChI is InChI=1S/C22H21ClN4O/c1-17-15-21(27(13-3-11-24)14-4-12-25)9-7-18(17)8-10-22(28)26-20-6-2-5-19(23)16-20/h2,5-10,15-16H,3-4,13-14H2,1H3,(H,26,28)/b10-8+. The van der Waals surface area contributed by atoms with Crippen LogP contribution in [0, 0.1) is 29.6 Å². The van der Waals surface area contributed by atoms with Crippen LogP contribution in [0.1, 0.15) is 24.0 Å². The van der Waals surface area contributed by atoms with E-state index in [0.717, 1.165) is 16.8 Å². The molecule has 2 aromatic rings. The molecule has 6 heteroatoms. The van der Waals surface area contributed by atoms with Gasteiger partial charge in [-0.2, -0.15) is 10.5 Å². The Morgan fingerprint density at radius 3 is 2.46 bits per heavy atom. The maximum absolute atomic E-state index is 12.1. The summed E-state index contributed by atoms with van der Waals surface area (Å²) in [5, 5.41) is 21.0. The molecule has 0 unspecified atom stereocenters. The first-order chi connectivity index (χ1) is 13.5. The molecule has 0 saturated carbocycles. The third-order valence-electron chi connectivity index (χ3n) is 4.11. The zero-order valence-electron chi connectivity index (χ0n) is 15.7. The van der Waals surface area contributed by atoms with Gasteiger partial charge in [-0.05, 0) is 54.5 Å². The fourth-order valence-electron chi connectivity index (χ4n) is 2.70. The predicted octanol–water partition coefficient (Wildman–Crippen LogP) is 4.93. The molecule has 0 aliphatic rings. The summed E-state index contributed by atoms with van der Waals surface area (Å²) in [5.74, 6) is -0.240. The minimum Gasteiger partial charge on any atom is -0.369 e. The molecule has 2 aromatic carbocycles. The Balaban J connectivity index is 2.08. The summed E-state index contributed by atoms with van der Waals surface area (Å²) in [4.78, 5) is 14.1. The average Bonchev–Trinajstić information content (AvgIpc) is 2.67. The molecule has 1 N–H and O–H groups in total. The van der Waals surface area contributed by atoms with E-state index >= 15 is 0 Å². The zero-order valence-corrected chi connectivity index (χ0v) is 16.4. The molecule has 0 aliphatic heterocycles. The fraction of sp³-hybridized carbons (Fsp3) is 0.227. The number of nitriles is 2. The van der Waals surface area contributed by atoms with Crippen LogP contribution in [0.2, 0.25) is 5.02 Å². The summed E-state index contributed by atoms with van der Waals surface area (Å²) in [6, 6.07) is 17.1. The number of rotatable bonds is 8. The van der Waals surface area contributed by atoms with Crippen LogP contribution in [0.15, 0.2) is 48.5 Å². The highest BCUT2D eigenvalue weighted by Gasteiger charge is 2.08. The predicted molar refractivity (Wildman–Crippen MR) is 113 cm³/mol. The number of aryl methyl sites for hydroxylation is 1. The Morgan fingerprint density at radius 2 is 1.86 bits per heavy atom. The van der Waals surface area contributed by atoms with Crippen LogP contribution >= 0.6 is 11.6 Å². The minimum absolute atomic E-state index is 0.240. The van der Waals surface area contributed by atoms with Crippen molar-refractivity contribution in [2.45, 2.75) is 19.8 Å². The summed E-state index contributed by atoms with van der Waals surface area (Å²) in [6.45, 7) is 3.12. The summed E-state index contributed by atoms with van der Waals surface area (Å²) in [7, 11) is 0. The van der Waals surface area contributed by atoms with Gasteiger partial charge in [0.1, 0.15) is 0 Å². The maximum Gasteiger partial charge on any atom is 0.248 e. The highest BCUT2D eigenvalue weighted by atomic mass is 35.5. The van der Waals surface area contributed by atoms with Gasteiger partial charge < -0.3 is 10.2 Å². The molecule has 0 heterocycles. The average molecular weight is 393 g/mol. The van der Waals surface area contributed by atoms with Crippen molar-refractivity contribution < 1.29 is 4.79 Å². The molecule has 0 atom stereocenters. The number of nitrogens with zero attached hydrogens (tertiary/aromatic N) is 3. The van der Waals surface area contributed by atoms with Crippen LogP contribution in [0.5, 0.6) is 0 Å². The van der Waals surface area contributed by atoms with Crippen LogP contribution in [0.4, 0.5) is 11.4 Å². The van der Waals surface area contributed by atoms with Gasteiger partial charge in [0.05, 0.1) is 25.0 Å². The van der Waals surface area contributed by atoms with Crippen LogP contribution in [0.25, 0.3) is 6.08 Å². The summed E-state index contributed by atoms with van der Waals surface area (Å²) in [5.41, 5.74) is 3.53. The molecule has 0 aliphatic carbocycles. The van der Waals surface area contributed by atoms with Gasteiger partial charge in [-0.1, -0.05) is 23.7 Å². The summed E-state index contributed by atoms with van der Waals surface area (Å²) >= 11 is 5.92. The van der Waals surface area contributed by atoms with Gasteiger partial charge in [0.25, 0.3) is 0 Å². The maximum atomic E-state index is 12.1. The quantitative estimate of drug-likeness (QED) is 0.645. The lowest BCUT2D eigenvalue weighted by Crippen LogP contribution is -2.25. The van der Waals surface area contributed by atoms with Gasteiger partial charge in [0.2, 0.25) is 5.91 Å². The smallest absolute Gasteiger partial charge is 0.248 e. The van der Waals surface area contributed by atoms with E-state index in [1.165, 1.54) is 6.08 Å². The van der Waals surface area contributed by atoms with Crippen molar-refractivity contribution in [2.75, 3.05) is 23.3 Å². The first kappa shape index (κ1) is 21.0. The largest absolute Gasteiger partial charge is 0.369 e. The van der Waals surface area contributed by atoms with Crippen molar-refractivity contribution in [3.8, 4) is 12.1 Å². The lowest BCUT2D eigenvalue weighted by Gasteiger charge is -2.23. The monoisotopic (exact) mass is 392 g/mol. The number of anilines is 2. The molecular formula is C22H21ClN4O. The minimum atomic E-state index is -0.240. The van der Waals surface area contributed by atoms with Gasteiger partial charge in [0.15, 0.2) is 0 Å². The summed E-state index contributed by atoms with van der Waals surface area (Å²) in [6.07, 6.45) is 4.03. The van der Waals surface area contributed by atoms with E-state index in [-0.39, 0.29) is 5.91 Å². The Labute approximate surface area is 170 Å². The van der Waals surface area contributed by atoms with Crippen LogP contribution in [-0.2, 0) is 4.79 Å². The molecule has 0 radical (unpaired) electrons. The highest BCUT2D eigenvalue weighted by Crippen LogP contribution is 2.21. The van der Waals surface area contributed by atoms with Gasteiger partial charge >= 0.3 is 0 Å². The Hall–Kier alpha value is -3.28. The number of benzene rings is 2. The van der Waals surface area contributed by atoms with E-state index in [0.29, 0.717) is 36.6 Å². The topological polar surface area (TPSA) is 79.9 Å². The number of halogens is 1. The van der Waals surface area contributed by atoms with E-state index in [1.807, 2.05) is 30.0 Å². The molecule has 28 heavy (non-hydrogen) atoms. The molecule has 0 fully saturated rings. The molecule has 0 saturated heterocycles. The van der Waals surface area contributed by atoms with Gasteiger partial charge in [-0.25, -0.2) is 0 Å². The van der Waals surface area contributed by atoms with Crippen molar-refractivity contribution >= 4 is 35.0 Å². The first-order valence-electron chi connectivity index (χ1n) is 8.87. The van der Waals surface area contributed by atoms with E-state index in [4.69, 9.17) is 22.1 Å². The molecule has 2 rings (SSSR count). The third kappa shape index (κ3) is 6.46. The second-order valence-electron chi connectivity index (χ2n) is 6.18. The van der Waals surface area contributed by atoms with Crippen molar-refractivity contribution in [1.82, 2.24) is 0 Å². The van der Waals surface area contributed by atoms with E-state index in [2.05, 4.69) is 17.5 Å². The molecule has 0 aromatic heterocycles. The number of amides is 1. The number of carbonyl (C=O) groups is 1. The fourth-order valence-corrected chi connectivity index (χ4v) is 2.89. The zero-order chi connectivity index (χ0) is 20.4. The Bertz CT molecular complexity index is 922.